The normalized spacial score (nSPS) is 12.6. The van der Waals surface area contributed by atoms with E-state index in [1.165, 1.54) is 71.8 Å². The summed E-state index contributed by atoms with van der Waals surface area (Å²) in [5, 5.41) is 17.1. The lowest BCUT2D eigenvalue weighted by atomic mass is 9.98. The van der Waals surface area contributed by atoms with Gasteiger partial charge in [-0.3, -0.25) is 19.2 Å². The monoisotopic (exact) mass is 1950 g/mol. The Hall–Kier alpha value is -9.59. The van der Waals surface area contributed by atoms with E-state index in [1.807, 2.05) is 147 Å². The Bertz CT molecular complexity index is 5830. The summed E-state index contributed by atoms with van der Waals surface area (Å²) in [7, 11) is -2.09. The number of hydrogen-bond acceptors (Lipinski definition) is 16. The Balaban J connectivity index is 0.000000323. The molecular weight excluding hydrogens is 1810 g/mol. The summed E-state index contributed by atoms with van der Waals surface area (Å²) >= 11 is 0. The van der Waals surface area contributed by atoms with Crippen LogP contribution in [0.4, 0.5) is 30.7 Å². The summed E-state index contributed by atoms with van der Waals surface area (Å²) in [5.41, 5.74) is 6.93. The Morgan fingerprint density at radius 2 is 0.652 bits per heavy atom. The first-order valence-corrected chi connectivity index (χ1v) is 52.2. The Labute approximate surface area is 799 Å². The first-order chi connectivity index (χ1) is 62.9. The highest BCUT2D eigenvalue weighted by molar-refractivity contribution is 7.92. The SMILES string of the molecule is CC(C)c1ccc(C(=O)CCCN(C)C)cc1F.CC(C)c1ccc(C(=O)CCCO)cc1F.CC(C)c1ccc(C(=O)N(C)CCN(C)C)cc1F.CC(C)c1ccc(C(=O)N(C)CCO)cc1F.CC(C)c1ccc(S(=O)(=O)C2CC2)cc1F.CC(C)c1ccc(S(=O)(=O)CC2CC2)cc1F.CC(C)c1ccc(S(=O)(=O)c2ccccc2)cc1F.CC(C)c1ccc(S(C)(=O)=O)cc1. The van der Waals surface area contributed by atoms with Crippen LogP contribution in [-0.2, 0) is 39.3 Å². The van der Waals surface area contributed by atoms with E-state index in [0.29, 0.717) is 104 Å². The van der Waals surface area contributed by atoms with E-state index in [-0.39, 0.29) is 151 Å². The number of carbonyl (C=O) groups excluding carboxylic acids is 4. The molecule has 2 amide bonds. The summed E-state index contributed by atoms with van der Waals surface area (Å²) in [6.45, 7) is 33.2. The predicted octanol–water partition coefficient (Wildman–Crippen LogP) is 23.0. The fraction of sp³-hybridized carbons (Fsp3) is 0.453. The fourth-order valence-electron chi connectivity index (χ4n) is 13.4. The molecule has 2 aliphatic carbocycles. The number of Topliss-reactive ketones (excluding diaryl/α,β-unsaturated/α-hetero) is 2. The highest BCUT2D eigenvalue weighted by Gasteiger charge is 2.37. The topological polar surface area (TPSA) is 258 Å². The van der Waals surface area contributed by atoms with Gasteiger partial charge in [-0.1, -0.05) is 196 Å². The van der Waals surface area contributed by atoms with Crippen LogP contribution in [0.5, 0.6) is 0 Å². The number of sulfone groups is 4. The van der Waals surface area contributed by atoms with Gasteiger partial charge in [0.2, 0.25) is 9.84 Å². The van der Waals surface area contributed by atoms with Crippen molar-refractivity contribution in [3.05, 3.63) is 289 Å². The number of amides is 2. The molecule has 2 saturated carbocycles. The molecule has 0 aromatic heterocycles. The average molecular weight is 1960 g/mol. The molecule has 0 atom stereocenters. The number of likely N-dealkylation sites (N-methyl/N-ethyl adjacent to an activating group) is 3. The lowest BCUT2D eigenvalue weighted by molar-refractivity contribution is 0.0764. The van der Waals surface area contributed by atoms with Gasteiger partial charge < -0.3 is 29.8 Å². The van der Waals surface area contributed by atoms with Crippen LogP contribution >= 0.6 is 0 Å². The first kappa shape index (κ1) is 118. The highest BCUT2D eigenvalue weighted by Crippen LogP contribution is 2.37. The number of aliphatic hydroxyl groups excluding tert-OH is 2. The second-order valence-corrected chi connectivity index (χ2v) is 45.1. The van der Waals surface area contributed by atoms with Gasteiger partial charge in [-0.25, -0.2) is 64.4 Å². The molecule has 2 aliphatic rings. The quantitative estimate of drug-likeness (QED) is 0.0293. The van der Waals surface area contributed by atoms with Gasteiger partial charge in [0.15, 0.2) is 41.1 Å². The van der Waals surface area contributed by atoms with Gasteiger partial charge in [-0.2, -0.15) is 0 Å². The highest BCUT2D eigenvalue weighted by atomic mass is 32.2. The second kappa shape index (κ2) is 55.1. The number of ketones is 2. The van der Waals surface area contributed by atoms with E-state index >= 15 is 0 Å². The number of halogens is 7. The number of benzene rings is 9. The Morgan fingerprint density at radius 1 is 0.333 bits per heavy atom. The van der Waals surface area contributed by atoms with Crippen molar-refractivity contribution in [1.29, 1.82) is 0 Å². The summed E-state index contributed by atoms with van der Waals surface area (Å²) in [6.07, 6.45) is 6.54. The van der Waals surface area contributed by atoms with E-state index in [4.69, 9.17) is 10.2 Å². The van der Waals surface area contributed by atoms with Gasteiger partial charge >= 0.3 is 0 Å². The van der Waals surface area contributed by atoms with Crippen LogP contribution in [0.2, 0.25) is 0 Å². The zero-order chi connectivity index (χ0) is 102. The molecule has 18 nitrogen and oxygen atoms in total. The standard InChI is InChI=1S/C15H23FN2O.C15H22FNO.C15H15FO2S.C13H18FNO2.C13H17FO2S.C13H17FO2.C12H15FO2S.C10H14O2S/c1-11(2)13-7-6-12(10-14(13)16)15(19)18(5)9-8-17(3)4;1-11(2)13-8-7-12(10-14(13)16)15(18)6-5-9-17(3)4;1-11(2)14-9-8-13(10-15(14)16)19(17,18)12-6-4-3-5-7-12;1-9(2)11-5-4-10(8-12(11)14)13(17)15(3)6-7-16;1-9(2)12-6-5-11(7-13(12)14)17(15,16)8-10-3-4-10;1-9(2)11-6-5-10(8-12(11)14)13(16)4-3-7-15;1-8(2)11-6-5-10(7-12(11)13)16(14,15)9-3-4-9;1-8(2)9-4-6-10(7-5-9)13(3,11)12/h6-7,10-11H,8-9H2,1-5H3;7-8,10-11H,5-6,9H2,1-4H3;3-11H,1-2H3;4-5,8-9,16H,6-7H2,1-3H3;5-7,9-10H,3-4,8H2,1-2H3;5-6,8-9,15H,3-4,7H2,1-2H3;5-9H,3-4H2,1-2H3;4-8H,1-3H3. The number of nitrogens with zero attached hydrogens (tertiary/aromatic N) is 4. The van der Waals surface area contributed by atoms with Crippen molar-refractivity contribution in [1.82, 2.24) is 19.6 Å². The molecule has 0 heterocycles. The third-order valence-corrected chi connectivity index (χ3v) is 29.2. The molecule has 2 N–H and O–H groups in total. The van der Waals surface area contributed by atoms with Crippen molar-refractivity contribution in [2.75, 3.05) is 93.7 Å². The maximum absolute atomic E-state index is 13.9. The van der Waals surface area contributed by atoms with Crippen LogP contribution < -0.4 is 0 Å². The van der Waals surface area contributed by atoms with Crippen LogP contribution in [-0.4, -0.2) is 186 Å². The number of hydrogen-bond donors (Lipinski definition) is 2. The summed E-state index contributed by atoms with van der Waals surface area (Å²) in [5.74, 6) is -1.61. The lowest BCUT2D eigenvalue weighted by Crippen LogP contribution is -2.33. The molecule has 135 heavy (non-hydrogen) atoms. The van der Waals surface area contributed by atoms with E-state index in [1.54, 1.807) is 110 Å². The molecule has 0 spiro atoms. The van der Waals surface area contributed by atoms with Crippen molar-refractivity contribution >= 4 is 62.7 Å². The molecule has 29 heteroatoms. The summed E-state index contributed by atoms with van der Waals surface area (Å²) < 4.78 is 191. The van der Waals surface area contributed by atoms with Gasteiger partial charge in [0.05, 0.1) is 42.1 Å². The van der Waals surface area contributed by atoms with E-state index < -0.39 is 56.8 Å². The van der Waals surface area contributed by atoms with Gasteiger partial charge in [0, 0.05) is 81.7 Å². The van der Waals surface area contributed by atoms with Crippen LogP contribution in [0.3, 0.4) is 0 Å². The second-order valence-electron chi connectivity index (χ2n) is 36.9. The number of carbonyl (C=O) groups is 4. The zero-order valence-electron chi connectivity index (χ0n) is 82.6. The zero-order valence-corrected chi connectivity index (χ0v) is 85.8. The van der Waals surface area contributed by atoms with Gasteiger partial charge in [-0.05, 0) is 268 Å². The van der Waals surface area contributed by atoms with Crippen LogP contribution in [0.15, 0.2) is 206 Å². The molecule has 2 fully saturated rings. The van der Waals surface area contributed by atoms with Crippen molar-refractivity contribution in [3.8, 4) is 0 Å². The van der Waals surface area contributed by atoms with E-state index in [0.717, 1.165) is 56.1 Å². The Kier molecular flexibility index (Phi) is 48.1. The molecule has 11 rings (SSSR count). The third kappa shape index (κ3) is 38.4. The first-order valence-electron chi connectivity index (χ1n) is 45.6. The molecule has 0 saturated heterocycles. The van der Waals surface area contributed by atoms with Gasteiger partial charge in [0.1, 0.15) is 40.7 Å². The number of rotatable bonds is 32. The van der Waals surface area contributed by atoms with Crippen molar-refractivity contribution in [3.63, 3.8) is 0 Å². The minimum absolute atomic E-state index is 0.0133. The largest absolute Gasteiger partial charge is 0.396 e. The molecule has 0 radical (unpaired) electrons. The molecular formula is C106H141F7N4O14S4. The van der Waals surface area contributed by atoms with Gasteiger partial charge in [-0.15, -0.1) is 0 Å². The number of aliphatic hydroxyl groups is 2. The van der Waals surface area contributed by atoms with E-state index in [9.17, 15) is 83.6 Å². The fourth-order valence-corrected chi connectivity index (χ4v) is 18.7. The van der Waals surface area contributed by atoms with E-state index in [2.05, 4.69) is 13.8 Å². The van der Waals surface area contributed by atoms with Gasteiger partial charge in [0.25, 0.3) is 11.8 Å². The summed E-state index contributed by atoms with van der Waals surface area (Å²) in [6, 6.07) is 46.4. The van der Waals surface area contributed by atoms with Crippen molar-refractivity contribution in [2.24, 2.45) is 5.92 Å². The molecule has 742 valence electrons. The average Bonchev–Trinajstić information content (AvgIpc) is 1.73. The predicted molar refractivity (Wildman–Crippen MR) is 526 cm³/mol. The molecule has 9 aromatic rings. The Morgan fingerprint density at radius 3 is 0.978 bits per heavy atom. The minimum Gasteiger partial charge on any atom is -0.396 e. The maximum atomic E-state index is 13.9. The van der Waals surface area contributed by atoms with Crippen LogP contribution in [0.1, 0.15) is 295 Å². The van der Waals surface area contributed by atoms with Crippen molar-refractivity contribution < 1.29 is 93.8 Å². The third-order valence-electron chi connectivity index (χ3n) is 22.1. The van der Waals surface area contributed by atoms with Crippen LogP contribution in [0, 0.1) is 46.6 Å². The molecule has 0 bridgehead atoms. The van der Waals surface area contributed by atoms with Crippen molar-refractivity contribution in [2.45, 2.75) is 239 Å². The summed E-state index contributed by atoms with van der Waals surface area (Å²) in [4.78, 5) is 55.2. The molecule has 0 aliphatic heterocycles. The minimum atomic E-state index is -3.64. The smallest absolute Gasteiger partial charge is 0.253 e. The lowest BCUT2D eigenvalue weighted by Gasteiger charge is -2.20. The van der Waals surface area contributed by atoms with Crippen LogP contribution in [0.25, 0.3) is 0 Å². The molecule has 0 unspecified atom stereocenters. The molecule has 9 aromatic carbocycles. The maximum Gasteiger partial charge on any atom is 0.253 e.